The average molecular weight is 512 g/mol. The van der Waals surface area contributed by atoms with E-state index in [-0.39, 0.29) is 24.0 Å². The van der Waals surface area contributed by atoms with E-state index in [0.717, 1.165) is 22.8 Å². The Labute approximate surface area is 208 Å². The van der Waals surface area contributed by atoms with E-state index in [1.54, 1.807) is 12.4 Å². The quantitative estimate of drug-likeness (QED) is 0.386. The van der Waals surface area contributed by atoms with Crippen LogP contribution in [0.4, 0.5) is 13.2 Å². The highest BCUT2D eigenvalue weighted by atomic mass is 35.5. The summed E-state index contributed by atoms with van der Waals surface area (Å²) in [5.74, 6) is -0.664. The second-order valence-electron chi connectivity index (χ2n) is 7.92. The number of carbonyl (C=O) groups excluding carboxylic acids is 1. The van der Waals surface area contributed by atoms with Crippen molar-refractivity contribution in [3.8, 4) is 11.1 Å². The molecule has 9 heteroatoms. The number of nitrogens with one attached hydrogen (secondary N) is 1. The molecule has 1 amide bonds. The molecule has 0 unspecified atom stereocenters. The van der Waals surface area contributed by atoms with Crippen LogP contribution in [0.2, 0.25) is 5.02 Å². The maximum Gasteiger partial charge on any atom is 0.417 e. The van der Waals surface area contributed by atoms with Gasteiger partial charge in [0.05, 0.1) is 22.2 Å². The molecule has 2 aromatic carbocycles. The van der Waals surface area contributed by atoms with Crippen LogP contribution in [0.15, 0.2) is 67.0 Å². The van der Waals surface area contributed by atoms with Crippen molar-refractivity contribution in [2.24, 2.45) is 0 Å². The van der Waals surface area contributed by atoms with E-state index in [1.807, 2.05) is 62.3 Å². The summed E-state index contributed by atoms with van der Waals surface area (Å²) in [6.07, 6.45) is -0.515. The minimum Gasteiger partial charge on any atom is -0.344 e. The molecule has 4 nitrogen and oxygen atoms in total. The zero-order valence-corrected chi connectivity index (χ0v) is 20.5. The lowest BCUT2D eigenvalue weighted by Crippen LogP contribution is -2.43. The number of nitrogens with zero attached hydrogens (tertiary/aromatic N) is 2. The Hall–Kier alpha value is -2.61. The van der Waals surface area contributed by atoms with Crippen LogP contribution in [0.25, 0.3) is 11.1 Å². The molecule has 0 radical (unpaired) electrons. The normalized spacial score (nSPS) is 13.2. The number of alkyl halides is 3. The van der Waals surface area contributed by atoms with Crippen LogP contribution in [0.5, 0.6) is 0 Å². The fraction of sp³-hybridized carbons (Fsp3) is 0.280. The molecule has 0 aliphatic carbocycles. The summed E-state index contributed by atoms with van der Waals surface area (Å²) in [6, 6.07) is 14.2. The highest BCUT2D eigenvalue weighted by Gasteiger charge is 2.35. The zero-order chi connectivity index (χ0) is 24.2. The molecule has 0 saturated carbocycles. The minimum absolute atomic E-state index is 0. The predicted molar refractivity (Wildman–Crippen MR) is 131 cm³/mol. The molecular weight excluding hydrogens is 486 g/mol. The summed E-state index contributed by atoms with van der Waals surface area (Å²) in [4.78, 5) is 19.3. The Morgan fingerprint density at radius 1 is 1.09 bits per heavy atom. The van der Waals surface area contributed by atoms with Crippen LogP contribution >= 0.6 is 24.0 Å². The molecule has 0 bridgehead atoms. The summed E-state index contributed by atoms with van der Waals surface area (Å²) in [7, 11) is 3.80. The fourth-order valence-electron chi connectivity index (χ4n) is 3.89. The SMILES string of the molecule is CC[C@@H]([C@@H](NC(=O)c1cccc(C(F)(F)F)c1Cl)c1cccc(-c2cccnc2)c1)N(C)C.Cl. The third kappa shape index (κ3) is 6.29. The summed E-state index contributed by atoms with van der Waals surface area (Å²) >= 11 is 6.00. The standard InChI is InChI=1S/C25H25ClF3N3O.ClH/c1-4-21(32(2)3)23(17-9-5-8-16(14-17)18-10-7-13-30-15-18)31-24(33)19-11-6-12-20(22(19)26)25(27,28)29;/h5-15,21,23H,4H2,1-3H3,(H,31,33);1H/t21-,23-;/m0./s1. The van der Waals surface area contributed by atoms with Crippen LogP contribution < -0.4 is 5.32 Å². The average Bonchev–Trinajstić information content (AvgIpc) is 2.78. The number of amides is 1. The van der Waals surface area contributed by atoms with E-state index in [0.29, 0.717) is 6.42 Å². The first-order chi connectivity index (χ1) is 15.6. The molecule has 1 aromatic heterocycles. The van der Waals surface area contributed by atoms with Gasteiger partial charge in [-0.15, -0.1) is 12.4 Å². The van der Waals surface area contributed by atoms with Gasteiger partial charge in [-0.25, -0.2) is 0 Å². The van der Waals surface area contributed by atoms with Crippen LogP contribution in [0, 0.1) is 0 Å². The molecule has 3 rings (SSSR count). The van der Waals surface area contributed by atoms with Crippen LogP contribution in [0.3, 0.4) is 0 Å². The molecule has 1 heterocycles. The smallest absolute Gasteiger partial charge is 0.344 e. The van der Waals surface area contributed by atoms with Crippen molar-refractivity contribution in [3.63, 3.8) is 0 Å². The number of carbonyl (C=O) groups is 1. The number of hydrogen-bond acceptors (Lipinski definition) is 3. The van der Waals surface area contributed by atoms with Gasteiger partial charge in [0, 0.05) is 18.4 Å². The van der Waals surface area contributed by atoms with E-state index >= 15 is 0 Å². The molecule has 0 aliphatic rings. The van der Waals surface area contributed by atoms with Crippen LogP contribution in [-0.2, 0) is 6.18 Å². The molecule has 0 saturated heterocycles. The van der Waals surface area contributed by atoms with Gasteiger partial charge in [-0.3, -0.25) is 9.78 Å². The Kier molecular flexibility index (Phi) is 9.50. The molecule has 0 aliphatic heterocycles. The number of benzene rings is 2. The maximum absolute atomic E-state index is 13.3. The third-order valence-corrected chi connectivity index (χ3v) is 5.95. The zero-order valence-electron chi connectivity index (χ0n) is 18.9. The maximum atomic E-state index is 13.3. The van der Waals surface area contributed by atoms with E-state index < -0.39 is 28.7 Å². The monoisotopic (exact) mass is 511 g/mol. The first kappa shape index (κ1) is 27.6. The van der Waals surface area contributed by atoms with Crippen LogP contribution in [0.1, 0.15) is 40.9 Å². The number of halogens is 5. The molecule has 182 valence electrons. The fourth-order valence-corrected chi connectivity index (χ4v) is 4.21. The second-order valence-corrected chi connectivity index (χ2v) is 8.30. The Bertz CT molecular complexity index is 1110. The summed E-state index contributed by atoms with van der Waals surface area (Å²) in [5.41, 5.74) is 1.42. The highest BCUT2D eigenvalue weighted by Crippen LogP contribution is 2.36. The van der Waals surface area contributed by atoms with Gasteiger partial charge in [0.15, 0.2) is 0 Å². The van der Waals surface area contributed by atoms with Crippen molar-refractivity contribution in [2.45, 2.75) is 31.6 Å². The van der Waals surface area contributed by atoms with E-state index in [2.05, 4.69) is 10.3 Å². The largest absolute Gasteiger partial charge is 0.417 e. The first-order valence-electron chi connectivity index (χ1n) is 10.5. The van der Waals surface area contributed by atoms with Gasteiger partial charge in [-0.2, -0.15) is 13.2 Å². The number of rotatable bonds is 7. The van der Waals surface area contributed by atoms with Gasteiger partial charge in [0.25, 0.3) is 5.91 Å². The molecule has 0 fully saturated rings. The minimum atomic E-state index is -4.65. The van der Waals surface area contributed by atoms with Crippen molar-refractivity contribution in [1.29, 1.82) is 0 Å². The van der Waals surface area contributed by atoms with Crippen LogP contribution in [-0.4, -0.2) is 35.9 Å². The Morgan fingerprint density at radius 3 is 2.35 bits per heavy atom. The van der Waals surface area contributed by atoms with Gasteiger partial charge in [0.2, 0.25) is 0 Å². The van der Waals surface area contributed by atoms with Gasteiger partial charge in [-0.1, -0.05) is 48.9 Å². The topological polar surface area (TPSA) is 45.2 Å². The van der Waals surface area contributed by atoms with E-state index in [9.17, 15) is 18.0 Å². The van der Waals surface area contributed by atoms with Gasteiger partial charge < -0.3 is 10.2 Å². The number of hydrogen-bond donors (Lipinski definition) is 1. The Morgan fingerprint density at radius 2 is 1.76 bits per heavy atom. The molecule has 3 aromatic rings. The highest BCUT2D eigenvalue weighted by molar-refractivity contribution is 6.34. The molecular formula is C25H26Cl2F3N3O. The lowest BCUT2D eigenvalue weighted by Gasteiger charge is -2.33. The lowest BCUT2D eigenvalue weighted by atomic mass is 9.93. The van der Waals surface area contributed by atoms with Crippen molar-refractivity contribution < 1.29 is 18.0 Å². The number of likely N-dealkylation sites (N-methyl/N-ethyl adjacent to an activating group) is 1. The van der Waals surface area contributed by atoms with E-state index in [4.69, 9.17) is 11.6 Å². The first-order valence-corrected chi connectivity index (χ1v) is 10.8. The summed E-state index contributed by atoms with van der Waals surface area (Å²) in [6.45, 7) is 1.99. The molecule has 2 atom stereocenters. The Balaban J connectivity index is 0.00000408. The summed E-state index contributed by atoms with van der Waals surface area (Å²) < 4.78 is 39.9. The molecule has 34 heavy (non-hydrogen) atoms. The van der Waals surface area contributed by atoms with Crippen molar-refractivity contribution in [3.05, 3.63) is 88.7 Å². The van der Waals surface area contributed by atoms with E-state index in [1.165, 1.54) is 12.1 Å². The van der Waals surface area contributed by atoms with Gasteiger partial charge in [0.1, 0.15) is 0 Å². The van der Waals surface area contributed by atoms with Crippen molar-refractivity contribution in [2.75, 3.05) is 14.1 Å². The third-order valence-electron chi connectivity index (χ3n) is 5.54. The number of pyridine rings is 1. The van der Waals surface area contributed by atoms with Gasteiger partial charge >= 0.3 is 6.18 Å². The van der Waals surface area contributed by atoms with Crippen molar-refractivity contribution in [1.82, 2.24) is 15.2 Å². The number of aromatic nitrogens is 1. The lowest BCUT2D eigenvalue weighted by molar-refractivity contribution is -0.137. The summed E-state index contributed by atoms with van der Waals surface area (Å²) in [5, 5.41) is 2.32. The predicted octanol–water partition coefficient (Wildman–Crippen LogP) is 6.65. The second kappa shape index (κ2) is 11.7. The van der Waals surface area contributed by atoms with Gasteiger partial charge in [-0.05, 0) is 61.5 Å². The molecule has 1 N–H and O–H groups in total. The molecule has 0 spiro atoms. The van der Waals surface area contributed by atoms with Crippen molar-refractivity contribution >= 4 is 29.9 Å².